The minimum atomic E-state index is -0.687. The van der Waals surface area contributed by atoms with E-state index in [1.165, 1.54) is 6.07 Å². The Morgan fingerprint density at radius 3 is 2.88 bits per heavy atom. The van der Waals surface area contributed by atoms with Gasteiger partial charge in [0.2, 0.25) is 5.91 Å². The van der Waals surface area contributed by atoms with Crippen molar-refractivity contribution in [3.8, 4) is 5.88 Å². The molecule has 0 fully saturated rings. The van der Waals surface area contributed by atoms with Crippen LogP contribution in [0.2, 0.25) is 0 Å². The van der Waals surface area contributed by atoms with E-state index in [0.717, 1.165) is 0 Å². The van der Waals surface area contributed by atoms with Crippen LogP contribution >= 0.6 is 0 Å². The molecule has 1 aromatic heterocycles. The summed E-state index contributed by atoms with van der Waals surface area (Å²) < 4.78 is 9.64. The van der Waals surface area contributed by atoms with Gasteiger partial charge in [0.05, 0.1) is 0 Å². The van der Waals surface area contributed by atoms with E-state index in [2.05, 4.69) is 9.99 Å². The van der Waals surface area contributed by atoms with Gasteiger partial charge in [-0.05, 0) is 12.1 Å². The summed E-state index contributed by atoms with van der Waals surface area (Å²) in [4.78, 5) is 25.7. The lowest BCUT2D eigenvalue weighted by molar-refractivity contribution is -0.139. The normalized spacial score (nSPS) is 9.81. The highest BCUT2D eigenvalue weighted by Crippen LogP contribution is 2.08. The first-order valence-electron chi connectivity index (χ1n) is 4.33. The van der Waals surface area contributed by atoms with Crippen molar-refractivity contribution >= 4 is 11.8 Å². The number of nitrogens with zero attached hydrogens (tertiary/aromatic N) is 1. The van der Waals surface area contributed by atoms with Crippen LogP contribution in [0.15, 0.2) is 10.6 Å². The second-order valence-corrected chi connectivity index (χ2v) is 2.84. The van der Waals surface area contributed by atoms with Crippen LogP contribution in [0.3, 0.4) is 0 Å². The molecule has 8 heteroatoms. The van der Waals surface area contributed by atoms with Crippen LogP contribution < -0.4 is 16.0 Å². The Balaban J connectivity index is 2.17. The zero-order valence-corrected chi connectivity index (χ0v) is 8.56. The number of ether oxygens (including phenoxy) is 1. The van der Waals surface area contributed by atoms with E-state index in [-0.39, 0.29) is 12.5 Å². The van der Waals surface area contributed by atoms with Gasteiger partial charge in [-0.15, -0.1) is 0 Å². The summed E-state index contributed by atoms with van der Waals surface area (Å²) in [6.07, 6.45) is 0. The summed E-state index contributed by atoms with van der Waals surface area (Å²) >= 11 is 0. The van der Waals surface area contributed by atoms with E-state index in [1.807, 2.05) is 5.48 Å². The van der Waals surface area contributed by atoms with E-state index in [1.54, 1.807) is 6.92 Å². The zero-order chi connectivity index (χ0) is 12.0. The fourth-order valence-electron chi connectivity index (χ4n) is 0.768. The number of primary amides is 1. The third-order valence-electron chi connectivity index (χ3n) is 1.36. The smallest absolute Gasteiger partial charge is 0.281 e. The fraction of sp³-hybridized carbons (Fsp3) is 0.375. The average Bonchev–Trinajstić information content (AvgIpc) is 2.61. The molecule has 0 atom stereocenters. The number of hydrogen-bond acceptors (Lipinski definition) is 6. The molecule has 0 aliphatic heterocycles. The van der Waals surface area contributed by atoms with Crippen LogP contribution in [0.1, 0.15) is 5.76 Å². The van der Waals surface area contributed by atoms with E-state index in [9.17, 15) is 9.59 Å². The molecule has 16 heavy (non-hydrogen) atoms. The van der Waals surface area contributed by atoms with E-state index >= 15 is 0 Å². The lowest BCUT2D eigenvalue weighted by Gasteiger charge is -2.03. The van der Waals surface area contributed by atoms with Crippen molar-refractivity contribution in [2.24, 2.45) is 5.73 Å². The maximum absolute atomic E-state index is 11.0. The Morgan fingerprint density at radius 2 is 2.31 bits per heavy atom. The van der Waals surface area contributed by atoms with Crippen molar-refractivity contribution in [3.63, 3.8) is 0 Å². The first-order chi connectivity index (χ1) is 7.58. The van der Waals surface area contributed by atoms with Gasteiger partial charge in [-0.3, -0.25) is 14.4 Å². The van der Waals surface area contributed by atoms with Gasteiger partial charge < -0.3 is 15.0 Å². The summed E-state index contributed by atoms with van der Waals surface area (Å²) in [5, 5.41) is 3.50. The molecule has 1 heterocycles. The molecule has 3 N–H and O–H groups in total. The highest BCUT2D eigenvalue weighted by Gasteiger charge is 2.06. The number of nitrogens with one attached hydrogen (secondary N) is 1. The van der Waals surface area contributed by atoms with Crippen LogP contribution in [0.4, 0.5) is 0 Å². The first kappa shape index (κ1) is 12.0. The number of amides is 2. The van der Waals surface area contributed by atoms with Gasteiger partial charge in [-0.2, -0.15) is 0 Å². The molecule has 2 amide bonds. The lowest BCUT2D eigenvalue weighted by Crippen LogP contribution is -2.32. The Labute approximate surface area is 90.6 Å². The number of aryl methyl sites for hydroxylation is 1. The number of rotatable bonds is 6. The summed E-state index contributed by atoms with van der Waals surface area (Å²) in [6, 6.07) is 1.53. The van der Waals surface area contributed by atoms with Crippen molar-refractivity contribution in [3.05, 3.63) is 11.8 Å². The molecule has 1 aromatic rings. The number of hydrogen-bond donors (Lipinski definition) is 2. The van der Waals surface area contributed by atoms with Crippen LogP contribution in [0, 0.1) is 6.92 Å². The molecule has 0 saturated carbocycles. The highest BCUT2D eigenvalue weighted by atomic mass is 16.7. The molecule has 88 valence electrons. The lowest BCUT2D eigenvalue weighted by atomic mass is 10.5. The number of nitrogens with two attached hydrogens (primary N) is 1. The standard InChI is InChI=1S/C8H11N3O5/c1-5-2-8(11-16-5)14-4-7(13)10-15-3-6(9)12/h2H,3-4H2,1H3,(H2,9,12)(H,10,13). The molecule has 0 aromatic carbocycles. The molecule has 0 radical (unpaired) electrons. The van der Waals surface area contributed by atoms with Crippen molar-refractivity contribution in [1.82, 2.24) is 10.6 Å². The molecule has 0 unspecified atom stereocenters. The third-order valence-corrected chi connectivity index (χ3v) is 1.36. The second-order valence-electron chi connectivity index (χ2n) is 2.84. The summed E-state index contributed by atoms with van der Waals surface area (Å²) in [5.74, 6) is -0.488. The maximum Gasteiger partial charge on any atom is 0.281 e. The van der Waals surface area contributed by atoms with Crippen molar-refractivity contribution in [2.45, 2.75) is 6.92 Å². The predicted molar refractivity (Wildman–Crippen MR) is 50.0 cm³/mol. The molecular weight excluding hydrogens is 218 g/mol. The number of hydroxylamine groups is 1. The van der Waals surface area contributed by atoms with Crippen molar-refractivity contribution in [2.75, 3.05) is 13.2 Å². The number of carbonyl (C=O) groups is 2. The van der Waals surface area contributed by atoms with Crippen molar-refractivity contribution in [1.29, 1.82) is 0 Å². The molecule has 0 saturated heterocycles. The van der Waals surface area contributed by atoms with Gasteiger partial charge in [0.25, 0.3) is 11.8 Å². The molecule has 0 aliphatic rings. The van der Waals surface area contributed by atoms with Crippen LogP contribution in [0.25, 0.3) is 0 Å². The largest absolute Gasteiger partial charge is 0.465 e. The van der Waals surface area contributed by atoms with E-state index < -0.39 is 18.4 Å². The molecule has 8 nitrogen and oxygen atoms in total. The Hall–Kier alpha value is -2.09. The third kappa shape index (κ3) is 4.42. The van der Waals surface area contributed by atoms with Gasteiger partial charge in [-0.25, -0.2) is 5.48 Å². The monoisotopic (exact) mass is 229 g/mol. The Morgan fingerprint density at radius 1 is 1.56 bits per heavy atom. The Bertz CT molecular complexity index is 376. The molecule has 0 aliphatic carbocycles. The van der Waals surface area contributed by atoms with E-state index in [4.69, 9.17) is 15.0 Å². The van der Waals surface area contributed by atoms with Gasteiger partial charge in [0.1, 0.15) is 5.76 Å². The predicted octanol–water partition coefficient (Wildman–Crippen LogP) is -1.11. The number of aromatic nitrogens is 1. The molecule has 0 bridgehead atoms. The maximum atomic E-state index is 11.0. The van der Waals surface area contributed by atoms with E-state index in [0.29, 0.717) is 5.76 Å². The van der Waals surface area contributed by atoms with Gasteiger partial charge in [-0.1, -0.05) is 0 Å². The quantitative estimate of drug-likeness (QED) is 0.597. The van der Waals surface area contributed by atoms with Crippen LogP contribution in [-0.4, -0.2) is 30.2 Å². The summed E-state index contributed by atoms with van der Waals surface area (Å²) in [5.41, 5.74) is 6.75. The average molecular weight is 229 g/mol. The fourth-order valence-corrected chi connectivity index (χ4v) is 0.768. The van der Waals surface area contributed by atoms with Crippen molar-refractivity contribution < 1.29 is 23.7 Å². The molecular formula is C8H11N3O5. The summed E-state index contributed by atoms with van der Waals surface area (Å²) in [6.45, 7) is 0.995. The highest BCUT2D eigenvalue weighted by molar-refractivity contribution is 5.77. The zero-order valence-electron chi connectivity index (χ0n) is 8.56. The summed E-state index contributed by atoms with van der Waals surface area (Å²) in [7, 11) is 0. The van der Waals surface area contributed by atoms with Gasteiger partial charge >= 0.3 is 0 Å². The van der Waals surface area contributed by atoms with Gasteiger partial charge in [0.15, 0.2) is 13.2 Å². The SMILES string of the molecule is Cc1cc(OCC(=O)NOCC(N)=O)no1. The van der Waals surface area contributed by atoms with Crippen LogP contribution in [0.5, 0.6) is 5.88 Å². The van der Waals surface area contributed by atoms with Gasteiger partial charge in [0, 0.05) is 6.07 Å². The molecule has 0 spiro atoms. The first-order valence-corrected chi connectivity index (χ1v) is 4.33. The topological polar surface area (TPSA) is 117 Å². The molecule has 1 rings (SSSR count). The number of carbonyl (C=O) groups excluding carboxylic acids is 2. The second kappa shape index (κ2) is 5.71. The van der Waals surface area contributed by atoms with Crippen LogP contribution in [-0.2, 0) is 14.4 Å². The Kier molecular flexibility index (Phi) is 4.28. The minimum absolute atomic E-state index is 0.197. The minimum Gasteiger partial charge on any atom is -0.465 e.